The molecule has 0 amide bonds. The van der Waals surface area contributed by atoms with Gasteiger partial charge in [-0.2, -0.15) is 0 Å². The normalized spacial score (nSPS) is 8.46. The number of carbonyl (C=O) groups is 2. The van der Waals surface area contributed by atoms with E-state index in [4.69, 9.17) is 21.7 Å². The van der Waals surface area contributed by atoms with E-state index in [9.17, 15) is 4.79 Å². The van der Waals surface area contributed by atoms with Gasteiger partial charge >= 0.3 is 0 Å². The van der Waals surface area contributed by atoms with Gasteiger partial charge < -0.3 is 9.47 Å². The van der Waals surface area contributed by atoms with Crippen LogP contribution in [0.5, 0.6) is 0 Å². The Hall–Kier alpha value is -2.18. The fourth-order valence-electron chi connectivity index (χ4n) is 1.37. The number of hydrogen-bond acceptors (Lipinski definition) is 5. The van der Waals surface area contributed by atoms with E-state index < -0.39 is 0 Å². The molecule has 2 rings (SSSR count). The Morgan fingerprint density at radius 1 is 1.04 bits per heavy atom. The summed E-state index contributed by atoms with van der Waals surface area (Å²) in [6.07, 6.45) is 0. The molecule has 0 saturated carbocycles. The Morgan fingerprint density at radius 2 is 1.46 bits per heavy atom. The first kappa shape index (κ1) is 21.8. The summed E-state index contributed by atoms with van der Waals surface area (Å²) in [4.78, 5) is 19.5. The second-order valence-corrected chi connectivity index (χ2v) is 4.87. The minimum absolute atomic E-state index is 0.185. The predicted octanol–water partition coefficient (Wildman–Crippen LogP) is 3.94. The van der Waals surface area contributed by atoms with Crippen LogP contribution in [0.3, 0.4) is 0 Å². The van der Waals surface area contributed by atoms with Crippen molar-refractivity contribution in [2.24, 2.45) is 0 Å². The first-order chi connectivity index (χ1) is 11.6. The molecule has 24 heavy (non-hydrogen) atoms. The number of benzene rings is 2. The van der Waals surface area contributed by atoms with Gasteiger partial charge in [0, 0.05) is 11.1 Å². The highest BCUT2D eigenvalue weighted by Gasteiger charge is 1.97. The first-order valence-corrected chi connectivity index (χ1v) is 7.89. The molecule has 0 heterocycles. The van der Waals surface area contributed by atoms with Crippen LogP contribution in [0.25, 0.3) is 0 Å². The third-order valence-electron chi connectivity index (χ3n) is 2.40. The summed E-state index contributed by atoms with van der Waals surface area (Å²) in [6.45, 7) is 2.93. The fraction of sp³-hybridized carbons (Fsp3) is 0.167. The van der Waals surface area contributed by atoms with Gasteiger partial charge in [-0.05, 0) is 19.1 Å². The van der Waals surface area contributed by atoms with Crippen LogP contribution in [-0.2, 0) is 14.3 Å². The average Bonchev–Trinajstić information content (AvgIpc) is 2.64. The number of thiocarbonyl (C=S) groups is 1. The summed E-state index contributed by atoms with van der Waals surface area (Å²) in [7, 11) is 1.31. The lowest BCUT2D eigenvalue weighted by Crippen LogP contribution is -2.01. The van der Waals surface area contributed by atoms with Crippen molar-refractivity contribution in [3.8, 4) is 0 Å². The molecule has 128 valence electrons. The molecule has 0 unspecified atom stereocenters. The van der Waals surface area contributed by atoms with Crippen molar-refractivity contribution in [3.05, 3.63) is 71.8 Å². The lowest BCUT2D eigenvalue weighted by Gasteiger charge is -2.02. The second-order valence-electron chi connectivity index (χ2n) is 4.09. The molecule has 0 aliphatic carbocycles. The number of methoxy groups -OCH3 is 1. The Labute approximate surface area is 153 Å². The van der Waals surface area contributed by atoms with E-state index in [0.717, 1.165) is 5.56 Å². The highest BCUT2D eigenvalue weighted by Crippen LogP contribution is 2.02. The molecule has 0 fully saturated rings. The van der Waals surface area contributed by atoms with Crippen LogP contribution < -0.4 is 0 Å². The molecule has 0 N–H and O–H groups in total. The highest BCUT2D eigenvalue weighted by atomic mass is 32.1. The molecule has 0 aliphatic rings. The van der Waals surface area contributed by atoms with Crippen LogP contribution in [0.1, 0.15) is 22.8 Å². The van der Waals surface area contributed by atoms with Crippen LogP contribution >= 0.6 is 24.8 Å². The smallest absolute Gasteiger partial charge is 0.292 e. The topological polar surface area (TPSA) is 52.6 Å². The molecule has 2 aromatic carbocycles. The van der Waals surface area contributed by atoms with Crippen LogP contribution in [-0.4, -0.2) is 30.4 Å². The maximum absolute atomic E-state index is 10.5. The van der Waals surface area contributed by atoms with Gasteiger partial charge in [-0.1, -0.05) is 60.7 Å². The van der Waals surface area contributed by atoms with Crippen molar-refractivity contribution in [3.63, 3.8) is 0 Å². The van der Waals surface area contributed by atoms with Gasteiger partial charge in [0.2, 0.25) is 5.12 Å². The van der Waals surface area contributed by atoms with Crippen molar-refractivity contribution in [1.29, 1.82) is 0 Å². The SMILES string of the molecule is CCOC(=S)c1ccccc1.COC=O.O=C(S)c1ccccc1. The average molecular weight is 364 g/mol. The van der Waals surface area contributed by atoms with Gasteiger partial charge in [0.1, 0.15) is 0 Å². The van der Waals surface area contributed by atoms with E-state index in [1.807, 2.05) is 55.5 Å². The van der Waals surface area contributed by atoms with Crippen LogP contribution in [0.2, 0.25) is 0 Å². The largest absolute Gasteiger partial charge is 0.483 e. The third kappa shape index (κ3) is 10.5. The van der Waals surface area contributed by atoms with E-state index in [-0.39, 0.29) is 5.12 Å². The third-order valence-corrected chi connectivity index (χ3v) is 3.01. The highest BCUT2D eigenvalue weighted by molar-refractivity contribution is 7.97. The van der Waals surface area contributed by atoms with E-state index in [2.05, 4.69) is 17.4 Å². The Bertz CT molecular complexity index is 601. The Morgan fingerprint density at radius 3 is 1.75 bits per heavy atom. The van der Waals surface area contributed by atoms with Crippen LogP contribution in [0, 0.1) is 0 Å². The summed E-state index contributed by atoms with van der Waals surface area (Å²) >= 11 is 8.65. The maximum atomic E-state index is 10.5. The van der Waals surface area contributed by atoms with E-state index in [0.29, 0.717) is 23.7 Å². The van der Waals surface area contributed by atoms with Crippen molar-refractivity contribution in [2.45, 2.75) is 6.92 Å². The summed E-state index contributed by atoms with van der Waals surface area (Å²) in [5.74, 6) is 0. The molecule has 2 aromatic rings. The molecule has 0 spiro atoms. The molecule has 4 nitrogen and oxygen atoms in total. The summed E-state index contributed by atoms with van der Waals surface area (Å²) in [5, 5.41) is 0.392. The van der Waals surface area contributed by atoms with Crippen molar-refractivity contribution in [2.75, 3.05) is 13.7 Å². The monoisotopic (exact) mass is 364 g/mol. The number of ether oxygens (including phenoxy) is 2. The molecule has 0 aromatic heterocycles. The van der Waals surface area contributed by atoms with E-state index in [1.165, 1.54) is 7.11 Å². The maximum Gasteiger partial charge on any atom is 0.292 e. The molecule has 0 aliphatic heterocycles. The molecular weight excluding hydrogens is 344 g/mol. The number of thiol groups is 1. The molecule has 0 bridgehead atoms. The lowest BCUT2D eigenvalue weighted by molar-refractivity contribution is -0.126. The van der Waals surface area contributed by atoms with Crippen molar-refractivity contribution >= 4 is 41.5 Å². The zero-order valence-electron chi connectivity index (χ0n) is 13.5. The summed E-state index contributed by atoms with van der Waals surface area (Å²) in [5.41, 5.74) is 1.62. The van der Waals surface area contributed by atoms with Gasteiger partial charge in [0.25, 0.3) is 6.47 Å². The Kier molecular flexibility index (Phi) is 13.1. The van der Waals surface area contributed by atoms with Gasteiger partial charge in [-0.15, -0.1) is 12.6 Å². The summed E-state index contributed by atoms with van der Waals surface area (Å²) < 4.78 is 9.02. The minimum atomic E-state index is -0.185. The van der Waals surface area contributed by atoms with Gasteiger partial charge in [0.15, 0.2) is 5.05 Å². The van der Waals surface area contributed by atoms with E-state index >= 15 is 0 Å². The van der Waals surface area contributed by atoms with E-state index in [1.54, 1.807) is 12.1 Å². The van der Waals surface area contributed by atoms with Gasteiger partial charge in [0.05, 0.1) is 13.7 Å². The molecule has 0 radical (unpaired) electrons. The molecular formula is C18H20O4S2. The van der Waals surface area contributed by atoms with Crippen LogP contribution in [0.4, 0.5) is 0 Å². The fourth-order valence-corrected chi connectivity index (χ4v) is 1.77. The standard InChI is InChI=1S/C9H10OS.C7H6OS.C2H4O2/c1-2-10-9(11)8-6-4-3-5-7-8;8-7(9)6-4-2-1-3-5-6;1-4-2-3/h3-7H,2H2,1H3;1-5H,(H,8,9);2H,1H3. The van der Waals surface area contributed by atoms with Gasteiger partial charge in [-0.25, -0.2) is 0 Å². The zero-order valence-corrected chi connectivity index (χ0v) is 15.3. The van der Waals surface area contributed by atoms with Crippen molar-refractivity contribution < 1.29 is 19.1 Å². The number of rotatable bonds is 4. The Balaban J connectivity index is 0.000000367. The number of hydrogen-bond donors (Lipinski definition) is 1. The van der Waals surface area contributed by atoms with Crippen molar-refractivity contribution in [1.82, 2.24) is 0 Å². The molecule has 0 atom stereocenters. The molecule has 0 saturated heterocycles. The van der Waals surface area contributed by atoms with Crippen LogP contribution in [0.15, 0.2) is 60.7 Å². The second kappa shape index (κ2) is 14.4. The quantitative estimate of drug-likeness (QED) is 0.506. The predicted molar refractivity (Wildman–Crippen MR) is 103 cm³/mol. The minimum Gasteiger partial charge on any atom is -0.483 e. The lowest BCUT2D eigenvalue weighted by atomic mass is 10.2. The molecule has 6 heteroatoms. The zero-order chi connectivity index (χ0) is 18.2. The number of carbonyl (C=O) groups excluding carboxylic acids is 2. The first-order valence-electron chi connectivity index (χ1n) is 7.03. The summed E-state index contributed by atoms with van der Waals surface area (Å²) in [6, 6.07) is 18.7. The van der Waals surface area contributed by atoms with Gasteiger partial charge in [-0.3, -0.25) is 9.59 Å².